The number of aliphatic imine (C=N–C) groups is 1. The molecule has 27 heavy (non-hydrogen) atoms. The third-order valence-corrected chi connectivity index (χ3v) is 4.31. The molecule has 0 spiro atoms. The zero-order valence-corrected chi connectivity index (χ0v) is 16.3. The summed E-state index contributed by atoms with van der Waals surface area (Å²) >= 11 is 3.44. The number of halogens is 1. The van der Waals surface area contributed by atoms with E-state index in [1.807, 2.05) is 55.5 Å². The first-order valence-electron chi connectivity index (χ1n) is 8.42. The highest BCUT2D eigenvalue weighted by Crippen LogP contribution is 2.28. The van der Waals surface area contributed by atoms with E-state index in [1.54, 1.807) is 24.4 Å². The Hall–Kier alpha value is -2.99. The number of ether oxygens (including phenoxy) is 1. The van der Waals surface area contributed by atoms with Crippen LogP contribution >= 0.6 is 15.9 Å². The van der Waals surface area contributed by atoms with Crippen molar-refractivity contribution < 1.29 is 9.84 Å². The van der Waals surface area contributed by atoms with E-state index in [0.29, 0.717) is 17.9 Å². The molecule has 5 nitrogen and oxygen atoms in total. The standard InChI is InChI=1S/C21H18BrN3O2/c1-2-27-18-10-7-16(8-11-18)23-14-15-13-17(9-12-21(15)26)24-25-20-6-4-3-5-19(20)22/h3-14,26H,2H2,1H3. The molecule has 0 aliphatic carbocycles. The van der Waals surface area contributed by atoms with Crippen molar-refractivity contribution in [2.45, 2.75) is 6.92 Å². The molecule has 3 aromatic rings. The number of benzene rings is 3. The van der Waals surface area contributed by atoms with Crippen molar-refractivity contribution in [3.05, 3.63) is 76.8 Å². The second-order valence-electron chi connectivity index (χ2n) is 5.58. The van der Waals surface area contributed by atoms with E-state index >= 15 is 0 Å². The van der Waals surface area contributed by atoms with Gasteiger partial charge in [0.05, 0.1) is 23.7 Å². The van der Waals surface area contributed by atoms with Crippen molar-refractivity contribution in [2.24, 2.45) is 15.2 Å². The highest BCUT2D eigenvalue weighted by Gasteiger charge is 2.02. The topological polar surface area (TPSA) is 66.5 Å². The number of phenols is 1. The van der Waals surface area contributed by atoms with Crippen molar-refractivity contribution in [3.8, 4) is 11.5 Å². The van der Waals surface area contributed by atoms with Gasteiger partial charge in [0.25, 0.3) is 0 Å². The van der Waals surface area contributed by atoms with Crippen LogP contribution in [-0.2, 0) is 0 Å². The first-order chi connectivity index (χ1) is 13.2. The van der Waals surface area contributed by atoms with Gasteiger partial charge in [-0.15, -0.1) is 5.11 Å². The Morgan fingerprint density at radius 2 is 1.70 bits per heavy atom. The van der Waals surface area contributed by atoms with Crippen molar-refractivity contribution in [1.29, 1.82) is 0 Å². The molecule has 0 aromatic heterocycles. The molecule has 0 fully saturated rings. The predicted molar refractivity (Wildman–Crippen MR) is 111 cm³/mol. The van der Waals surface area contributed by atoms with Crippen LogP contribution in [-0.4, -0.2) is 17.9 Å². The molecule has 0 unspecified atom stereocenters. The van der Waals surface area contributed by atoms with Gasteiger partial charge in [0.15, 0.2) is 0 Å². The Labute approximate surface area is 166 Å². The highest BCUT2D eigenvalue weighted by atomic mass is 79.9. The fraction of sp³-hybridized carbons (Fsp3) is 0.0952. The lowest BCUT2D eigenvalue weighted by Gasteiger charge is -2.03. The second-order valence-corrected chi connectivity index (χ2v) is 6.43. The fourth-order valence-electron chi connectivity index (χ4n) is 2.29. The normalized spacial score (nSPS) is 11.3. The Balaban J connectivity index is 1.78. The van der Waals surface area contributed by atoms with Crippen LogP contribution < -0.4 is 4.74 Å². The van der Waals surface area contributed by atoms with Crippen molar-refractivity contribution in [3.63, 3.8) is 0 Å². The van der Waals surface area contributed by atoms with Crippen molar-refractivity contribution >= 4 is 39.2 Å². The summed E-state index contributed by atoms with van der Waals surface area (Å²) in [7, 11) is 0. The van der Waals surface area contributed by atoms with E-state index in [2.05, 4.69) is 31.2 Å². The minimum Gasteiger partial charge on any atom is -0.507 e. The van der Waals surface area contributed by atoms with E-state index < -0.39 is 0 Å². The predicted octanol–water partition coefficient (Wildman–Crippen LogP) is 6.72. The number of aromatic hydroxyl groups is 1. The Morgan fingerprint density at radius 1 is 0.963 bits per heavy atom. The summed E-state index contributed by atoms with van der Waals surface area (Å²) in [6.07, 6.45) is 1.60. The van der Waals surface area contributed by atoms with Gasteiger partial charge in [-0.25, -0.2) is 0 Å². The van der Waals surface area contributed by atoms with Crippen LogP contribution in [0, 0.1) is 0 Å². The van der Waals surface area contributed by atoms with E-state index in [-0.39, 0.29) is 5.75 Å². The van der Waals surface area contributed by atoms with E-state index in [0.717, 1.165) is 21.6 Å². The lowest BCUT2D eigenvalue weighted by atomic mass is 10.2. The average molecular weight is 424 g/mol. The van der Waals surface area contributed by atoms with Crippen LogP contribution in [0.25, 0.3) is 0 Å². The SMILES string of the molecule is CCOc1ccc(N=Cc2cc(N=Nc3ccccc3Br)ccc2O)cc1. The summed E-state index contributed by atoms with van der Waals surface area (Å²) in [4.78, 5) is 4.39. The number of hydrogen-bond donors (Lipinski definition) is 1. The first-order valence-corrected chi connectivity index (χ1v) is 9.21. The lowest BCUT2D eigenvalue weighted by Crippen LogP contribution is -1.89. The first kappa shape index (κ1) is 18.8. The number of phenolic OH excluding ortho intramolecular Hbond substituents is 1. The monoisotopic (exact) mass is 423 g/mol. The number of azo groups is 1. The molecule has 0 heterocycles. The Kier molecular flexibility index (Phi) is 6.33. The smallest absolute Gasteiger partial charge is 0.124 e. The minimum atomic E-state index is 0.129. The van der Waals surface area contributed by atoms with Gasteiger partial charge in [-0.1, -0.05) is 12.1 Å². The number of nitrogens with zero attached hydrogens (tertiary/aromatic N) is 3. The number of rotatable bonds is 6. The molecule has 6 heteroatoms. The van der Waals surface area contributed by atoms with Crippen LogP contribution in [0.2, 0.25) is 0 Å². The van der Waals surface area contributed by atoms with Gasteiger partial charge < -0.3 is 9.84 Å². The molecule has 3 rings (SSSR count). The maximum absolute atomic E-state index is 10.1. The minimum absolute atomic E-state index is 0.129. The summed E-state index contributed by atoms with van der Waals surface area (Å²) in [5.74, 6) is 0.929. The second kappa shape index (κ2) is 9.09. The van der Waals surface area contributed by atoms with Crippen molar-refractivity contribution in [2.75, 3.05) is 6.61 Å². The van der Waals surface area contributed by atoms with E-state index in [9.17, 15) is 5.11 Å². The molecule has 3 aromatic carbocycles. The van der Waals surface area contributed by atoms with Gasteiger partial charge >= 0.3 is 0 Å². The van der Waals surface area contributed by atoms with E-state index in [1.165, 1.54) is 0 Å². The Bertz CT molecular complexity index is 969. The molecule has 1 N–H and O–H groups in total. The summed E-state index contributed by atoms with van der Waals surface area (Å²) in [5.41, 5.74) is 2.68. The molecular formula is C21H18BrN3O2. The van der Waals surface area contributed by atoms with Gasteiger partial charge in [-0.2, -0.15) is 5.11 Å². The summed E-state index contributed by atoms with van der Waals surface area (Å²) in [6, 6.07) is 20.0. The molecule has 0 bridgehead atoms. The summed E-state index contributed by atoms with van der Waals surface area (Å²) in [6.45, 7) is 2.56. The van der Waals surface area contributed by atoms with Gasteiger partial charge in [0.2, 0.25) is 0 Å². The largest absolute Gasteiger partial charge is 0.507 e. The Morgan fingerprint density at radius 3 is 2.44 bits per heavy atom. The van der Waals surface area contributed by atoms with Crippen LogP contribution in [0.1, 0.15) is 12.5 Å². The molecular weight excluding hydrogens is 406 g/mol. The molecule has 136 valence electrons. The van der Waals surface area contributed by atoms with Crippen LogP contribution in [0.15, 0.2) is 86.4 Å². The molecule has 0 amide bonds. The lowest BCUT2D eigenvalue weighted by molar-refractivity contribution is 0.340. The number of hydrogen-bond acceptors (Lipinski definition) is 5. The van der Waals surface area contributed by atoms with Gasteiger partial charge in [0.1, 0.15) is 11.5 Å². The third-order valence-electron chi connectivity index (χ3n) is 3.64. The van der Waals surface area contributed by atoms with Gasteiger partial charge in [-0.05, 0) is 77.5 Å². The molecule has 0 saturated carbocycles. The zero-order chi connectivity index (χ0) is 19.1. The molecule has 0 aliphatic rings. The van der Waals surface area contributed by atoms with E-state index in [4.69, 9.17) is 4.74 Å². The molecule has 0 aliphatic heterocycles. The van der Waals surface area contributed by atoms with Crippen LogP contribution in [0.5, 0.6) is 11.5 Å². The quantitative estimate of drug-likeness (QED) is 0.353. The maximum atomic E-state index is 10.1. The van der Waals surface area contributed by atoms with Crippen LogP contribution in [0.3, 0.4) is 0 Å². The van der Waals surface area contributed by atoms with Crippen molar-refractivity contribution in [1.82, 2.24) is 0 Å². The van der Waals surface area contributed by atoms with Gasteiger partial charge in [0, 0.05) is 16.3 Å². The fourth-order valence-corrected chi connectivity index (χ4v) is 2.66. The summed E-state index contributed by atoms with van der Waals surface area (Å²) in [5, 5.41) is 18.5. The molecule has 0 saturated heterocycles. The summed E-state index contributed by atoms with van der Waals surface area (Å²) < 4.78 is 6.28. The van der Waals surface area contributed by atoms with Crippen LogP contribution in [0.4, 0.5) is 17.1 Å². The molecule has 0 atom stereocenters. The zero-order valence-electron chi connectivity index (χ0n) is 14.7. The van der Waals surface area contributed by atoms with Gasteiger partial charge in [-0.3, -0.25) is 4.99 Å². The molecule has 0 radical (unpaired) electrons. The maximum Gasteiger partial charge on any atom is 0.124 e. The average Bonchev–Trinajstić information content (AvgIpc) is 2.69. The third kappa shape index (κ3) is 5.24. The highest BCUT2D eigenvalue weighted by molar-refractivity contribution is 9.10.